The lowest BCUT2D eigenvalue weighted by Gasteiger charge is -2.12. The van der Waals surface area contributed by atoms with E-state index in [1.807, 2.05) is 37.3 Å². The lowest BCUT2D eigenvalue weighted by Crippen LogP contribution is -2.24. The second kappa shape index (κ2) is 8.67. The highest BCUT2D eigenvalue weighted by molar-refractivity contribution is 6.44. The molecule has 0 bridgehead atoms. The molecule has 2 aromatic carbocycles. The van der Waals surface area contributed by atoms with Crippen LogP contribution in [0.4, 0.5) is 0 Å². The van der Waals surface area contributed by atoms with Crippen LogP contribution in [0.1, 0.15) is 50.9 Å². The lowest BCUT2D eigenvalue weighted by atomic mass is 9.94. The Kier molecular flexibility index (Phi) is 5.77. The molecule has 0 aliphatic rings. The van der Waals surface area contributed by atoms with Crippen molar-refractivity contribution < 1.29 is 14.7 Å². The highest BCUT2D eigenvalue weighted by Gasteiger charge is 2.28. The van der Waals surface area contributed by atoms with Gasteiger partial charge < -0.3 is 15.2 Å². The minimum atomic E-state index is -1.05. The van der Waals surface area contributed by atoms with Gasteiger partial charge in [0.15, 0.2) is 0 Å². The van der Waals surface area contributed by atoms with E-state index in [9.17, 15) is 14.7 Å². The Morgan fingerprint density at radius 3 is 2.25 bits per heavy atom. The predicted octanol–water partition coefficient (Wildman–Crippen LogP) is 3.76. The normalized spacial score (nSPS) is 11.1. The van der Waals surface area contributed by atoms with Crippen LogP contribution in [0.25, 0.3) is 5.52 Å². The number of primary amides is 1. The summed E-state index contributed by atoms with van der Waals surface area (Å²) in [7, 11) is 0. The Bertz CT molecular complexity index is 1320. The van der Waals surface area contributed by atoms with Crippen molar-refractivity contribution in [1.82, 2.24) is 9.38 Å². The van der Waals surface area contributed by atoms with Gasteiger partial charge in [-0.15, -0.1) is 0 Å². The van der Waals surface area contributed by atoms with Gasteiger partial charge in [-0.2, -0.15) is 0 Å². The molecule has 2 heterocycles. The van der Waals surface area contributed by atoms with E-state index in [-0.39, 0.29) is 17.0 Å². The van der Waals surface area contributed by atoms with Crippen LogP contribution in [0.5, 0.6) is 5.88 Å². The average molecular weight is 428 g/mol. The van der Waals surface area contributed by atoms with Gasteiger partial charge in [0.2, 0.25) is 5.88 Å². The van der Waals surface area contributed by atoms with Crippen molar-refractivity contribution in [1.29, 1.82) is 0 Å². The zero-order valence-electron chi connectivity index (χ0n) is 18.1. The molecule has 4 aromatic rings. The van der Waals surface area contributed by atoms with Gasteiger partial charge in [-0.05, 0) is 42.0 Å². The molecule has 0 saturated carbocycles. The number of carbonyl (C=O) groups excluding carboxylic acids is 2. The van der Waals surface area contributed by atoms with Crippen LogP contribution in [0, 0.1) is 6.92 Å². The van der Waals surface area contributed by atoms with Crippen LogP contribution in [-0.4, -0.2) is 26.2 Å². The van der Waals surface area contributed by atoms with Crippen molar-refractivity contribution in [2.75, 3.05) is 0 Å². The first-order valence-electron chi connectivity index (χ1n) is 10.6. The number of aryl methyl sites for hydroxylation is 1. The molecule has 0 unspecified atom stereocenters. The van der Waals surface area contributed by atoms with Gasteiger partial charge in [0.1, 0.15) is 5.52 Å². The van der Waals surface area contributed by atoms with Gasteiger partial charge in [-0.1, -0.05) is 61.5 Å². The monoisotopic (exact) mass is 427 g/mol. The highest BCUT2D eigenvalue weighted by Crippen LogP contribution is 2.32. The van der Waals surface area contributed by atoms with E-state index < -0.39 is 11.7 Å². The molecule has 162 valence electrons. The number of benzene rings is 2. The molecular formula is C26H25N3O3. The second-order valence-electron chi connectivity index (χ2n) is 7.88. The van der Waals surface area contributed by atoms with Crippen LogP contribution < -0.4 is 5.73 Å². The van der Waals surface area contributed by atoms with Crippen molar-refractivity contribution in [3.63, 3.8) is 0 Å². The maximum absolute atomic E-state index is 12.7. The fraction of sp³-hybridized carbons (Fsp3) is 0.192. The van der Waals surface area contributed by atoms with Crippen molar-refractivity contribution in [3.05, 3.63) is 100.0 Å². The second-order valence-corrected chi connectivity index (χ2v) is 7.88. The molecule has 0 fully saturated rings. The molecule has 0 atom stereocenters. The summed E-state index contributed by atoms with van der Waals surface area (Å²) in [6.45, 7) is 3.69. The molecule has 6 heteroatoms. The number of nitrogens with zero attached hydrogens (tertiary/aromatic N) is 2. The lowest BCUT2D eigenvalue weighted by molar-refractivity contribution is -0.114. The van der Waals surface area contributed by atoms with E-state index in [0.29, 0.717) is 24.1 Å². The van der Waals surface area contributed by atoms with Gasteiger partial charge >= 0.3 is 0 Å². The molecule has 4 rings (SSSR count). The molecule has 2 aromatic heterocycles. The third-order valence-electron chi connectivity index (χ3n) is 5.75. The molecule has 1 amide bonds. The number of ketones is 1. The minimum absolute atomic E-state index is 0.139. The molecule has 3 N–H and O–H groups in total. The SMILES string of the molecule is CCc1c(C(=O)C(N)=O)c2c(O)nc(C)cn2c1Cc1ccccc1Cc1ccccc1. The van der Waals surface area contributed by atoms with E-state index in [1.165, 1.54) is 11.1 Å². The first-order valence-corrected chi connectivity index (χ1v) is 10.6. The van der Waals surface area contributed by atoms with Crippen LogP contribution in [0.15, 0.2) is 60.8 Å². The van der Waals surface area contributed by atoms with E-state index >= 15 is 0 Å². The molecular weight excluding hydrogens is 402 g/mol. The fourth-order valence-corrected chi connectivity index (χ4v) is 4.32. The number of hydrogen-bond donors (Lipinski definition) is 2. The van der Waals surface area contributed by atoms with Gasteiger partial charge in [-0.25, -0.2) is 4.98 Å². The fourth-order valence-electron chi connectivity index (χ4n) is 4.32. The molecule has 6 nitrogen and oxygen atoms in total. The topological polar surface area (TPSA) is 97.7 Å². The van der Waals surface area contributed by atoms with Crippen LogP contribution in [0.3, 0.4) is 0 Å². The predicted molar refractivity (Wildman–Crippen MR) is 123 cm³/mol. The standard InChI is InChI=1S/C26H25N3O3/c1-3-20-21(14-19-12-8-7-11-18(19)13-17-9-5-4-6-10-17)29-15-16(2)28-26(32)23(29)22(20)24(30)25(27)31/h4-12,15H,3,13-14H2,1-2H3,(H2,27,31)(H,28,32). The summed E-state index contributed by atoms with van der Waals surface area (Å²) in [4.78, 5) is 28.6. The Hall–Kier alpha value is -3.93. The summed E-state index contributed by atoms with van der Waals surface area (Å²) in [5.74, 6) is -2.15. The quantitative estimate of drug-likeness (QED) is 0.347. The summed E-state index contributed by atoms with van der Waals surface area (Å²) in [5.41, 5.74) is 11.3. The number of fused-ring (bicyclic) bond motifs is 1. The van der Waals surface area contributed by atoms with Crippen molar-refractivity contribution in [3.8, 4) is 5.88 Å². The number of nitrogens with two attached hydrogens (primary N) is 1. The smallest absolute Gasteiger partial charge is 0.289 e. The third-order valence-corrected chi connectivity index (χ3v) is 5.75. The Balaban J connectivity index is 1.90. The van der Waals surface area contributed by atoms with Crippen LogP contribution in [0.2, 0.25) is 0 Å². The molecule has 0 spiro atoms. The number of rotatable bonds is 7. The van der Waals surface area contributed by atoms with Crippen molar-refractivity contribution in [2.24, 2.45) is 5.73 Å². The Morgan fingerprint density at radius 2 is 1.62 bits per heavy atom. The van der Waals surface area contributed by atoms with Crippen LogP contribution >= 0.6 is 0 Å². The maximum atomic E-state index is 12.7. The Morgan fingerprint density at radius 1 is 1.00 bits per heavy atom. The number of Topliss-reactive ketones (excluding diaryl/α,β-unsaturated/α-hetero) is 1. The number of hydrogen-bond acceptors (Lipinski definition) is 4. The van der Waals surface area contributed by atoms with E-state index in [0.717, 1.165) is 17.7 Å². The van der Waals surface area contributed by atoms with E-state index in [1.54, 1.807) is 17.5 Å². The minimum Gasteiger partial charge on any atom is -0.492 e. The van der Waals surface area contributed by atoms with Gasteiger partial charge in [0.25, 0.3) is 11.7 Å². The summed E-state index contributed by atoms with van der Waals surface area (Å²) in [6.07, 6.45) is 3.59. The Labute approximate surface area is 186 Å². The summed E-state index contributed by atoms with van der Waals surface area (Å²) < 4.78 is 1.78. The molecule has 0 aliphatic heterocycles. The van der Waals surface area contributed by atoms with Gasteiger partial charge in [0.05, 0.1) is 11.3 Å². The summed E-state index contributed by atoms with van der Waals surface area (Å²) in [6, 6.07) is 18.4. The largest absolute Gasteiger partial charge is 0.492 e. The molecule has 0 radical (unpaired) electrons. The van der Waals surface area contributed by atoms with Crippen molar-refractivity contribution in [2.45, 2.75) is 33.1 Å². The zero-order valence-corrected chi connectivity index (χ0v) is 18.1. The summed E-state index contributed by atoms with van der Waals surface area (Å²) in [5, 5.41) is 10.6. The highest BCUT2D eigenvalue weighted by atomic mass is 16.3. The number of carbonyl (C=O) groups is 2. The van der Waals surface area contributed by atoms with Gasteiger partial charge in [0, 0.05) is 18.3 Å². The number of aromatic hydroxyl groups is 1. The molecule has 32 heavy (non-hydrogen) atoms. The zero-order chi connectivity index (χ0) is 22.8. The summed E-state index contributed by atoms with van der Waals surface area (Å²) >= 11 is 0. The third kappa shape index (κ3) is 3.87. The first kappa shape index (κ1) is 21.3. The van der Waals surface area contributed by atoms with E-state index in [4.69, 9.17) is 5.73 Å². The van der Waals surface area contributed by atoms with E-state index in [2.05, 4.69) is 29.2 Å². The van der Waals surface area contributed by atoms with Crippen LogP contribution in [-0.2, 0) is 24.1 Å². The number of amides is 1. The average Bonchev–Trinajstić information content (AvgIpc) is 3.08. The first-order chi connectivity index (χ1) is 15.4. The maximum Gasteiger partial charge on any atom is 0.289 e. The van der Waals surface area contributed by atoms with Gasteiger partial charge in [-0.3, -0.25) is 9.59 Å². The molecule has 0 saturated heterocycles. The molecule has 0 aliphatic carbocycles. The van der Waals surface area contributed by atoms with Crippen molar-refractivity contribution >= 4 is 17.2 Å². The number of aromatic nitrogens is 2.